The molecule has 0 radical (unpaired) electrons. The second kappa shape index (κ2) is 2.77. The van der Waals surface area contributed by atoms with E-state index in [0.29, 0.717) is 13.0 Å². The van der Waals surface area contributed by atoms with Gasteiger partial charge in [-0.25, -0.2) is 4.79 Å². The number of nitrogens with one attached hydrogen (secondary N) is 1. The minimum atomic E-state index is -0.415. The summed E-state index contributed by atoms with van der Waals surface area (Å²) in [6.45, 7) is 5.99. The number of amides is 3. The third-order valence-corrected chi connectivity index (χ3v) is 1.74. The fourth-order valence-electron chi connectivity index (χ4n) is 1.26. The highest BCUT2D eigenvalue weighted by molar-refractivity contribution is 5.97. The van der Waals surface area contributed by atoms with Gasteiger partial charge in [0.05, 0.1) is 0 Å². The van der Waals surface area contributed by atoms with Gasteiger partial charge in [-0.3, -0.25) is 9.69 Å². The first kappa shape index (κ1) is 9.03. The number of nitrogens with zero attached hydrogens (tertiary/aromatic N) is 1. The molecule has 0 aromatic heterocycles. The van der Waals surface area contributed by atoms with Crippen LogP contribution in [0.3, 0.4) is 0 Å². The lowest BCUT2D eigenvalue weighted by molar-refractivity contribution is -0.132. The van der Waals surface area contributed by atoms with Crippen LogP contribution < -0.4 is 5.32 Å². The Morgan fingerprint density at radius 1 is 1.33 bits per heavy atom. The number of rotatable bonds is 0. The molecule has 3 amide bonds. The van der Waals surface area contributed by atoms with E-state index < -0.39 is 5.54 Å². The SMILES string of the molecule is CC(C)(C)N1C(=O)CCNC1=O. The maximum absolute atomic E-state index is 11.3. The summed E-state index contributed by atoms with van der Waals surface area (Å²) in [4.78, 5) is 23.8. The topological polar surface area (TPSA) is 49.4 Å². The van der Waals surface area contributed by atoms with Gasteiger partial charge in [-0.1, -0.05) is 0 Å². The average Bonchev–Trinajstić information content (AvgIpc) is 1.82. The average molecular weight is 170 g/mol. The Hall–Kier alpha value is -1.06. The normalized spacial score (nSPS) is 19.4. The summed E-state index contributed by atoms with van der Waals surface area (Å²) < 4.78 is 0. The number of hydrogen-bond acceptors (Lipinski definition) is 2. The number of imide groups is 1. The number of carbonyl (C=O) groups is 2. The molecule has 0 bridgehead atoms. The molecule has 0 saturated carbocycles. The maximum atomic E-state index is 11.3. The van der Waals surface area contributed by atoms with Crippen molar-refractivity contribution < 1.29 is 9.59 Å². The Morgan fingerprint density at radius 3 is 2.25 bits per heavy atom. The van der Waals surface area contributed by atoms with E-state index in [4.69, 9.17) is 0 Å². The van der Waals surface area contributed by atoms with E-state index >= 15 is 0 Å². The Balaban J connectivity index is 2.84. The molecule has 1 fully saturated rings. The third-order valence-electron chi connectivity index (χ3n) is 1.74. The Morgan fingerprint density at radius 2 is 1.92 bits per heavy atom. The van der Waals surface area contributed by atoms with Crippen molar-refractivity contribution in [2.75, 3.05) is 6.54 Å². The molecule has 0 atom stereocenters. The molecule has 0 aliphatic carbocycles. The van der Waals surface area contributed by atoms with Crippen molar-refractivity contribution in [3.63, 3.8) is 0 Å². The highest BCUT2D eigenvalue weighted by atomic mass is 16.2. The van der Waals surface area contributed by atoms with Gasteiger partial charge in [0.2, 0.25) is 5.91 Å². The van der Waals surface area contributed by atoms with Gasteiger partial charge in [0.1, 0.15) is 0 Å². The first-order valence-corrected chi connectivity index (χ1v) is 4.04. The predicted octanol–water partition coefficient (Wildman–Crippen LogP) is 0.727. The highest BCUT2D eigenvalue weighted by Crippen LogP contribution is 2.16. The van der Waals surface area contributed by atoms with Gasteiger partial charge in [0.15, 0.2) is 0 Å². The molecule has 0 spiro atoms. The van der Waals surface area contributed by atoms with Crippen molar-refractivity contribution in [3.8, 4) is 0 Å². The van der Waals surface area contributed by atoms with Crippen molar-refractivity contribution in [2.45, 2.75) is 32.7 Å². The lowest BCUT2D eigenvalue weighted by Gasteiger charge is -2.36. The molecular weight excluding hydrogens is 156 g/mol. The molecule has 1 N–H and O–H groups in total. The molecule has 0 unspecified atom stereocenters. The van der Waals surface area contributed by atoms with Crippen LogP contribution in [-0.2, 0) is 4.79 Å². The third kappa shape index (κ3) is 1.57. The van der Waals surface area contributed by atoms with Crippen molar-refractivity contribution in [2.24, 2.45) is 0 Å². The zero-order valence-electron chi connectivity index (χ0n) is 7.68. The molecule has 68 valence electrons. The molecule has 12 heavy (non-hydrogen) atoms. The zero-order valence-corrected chi connectivity index (χ0v) is 7.68. The highest BCUT2D eigenvalue weighted by Gasteiger charge is 2.34. The molecule has 1 aliphatic rings. The largest absolute Gasteiger partial charge is 0.337 e. The van der Waals surface area contributed by atoms with E-state index in [0.717, 1.165) is 0 Å². The van der Waals surface area contributed by atoms with Crippen LogP contribution in [0, 0.1) is 0 Å². The van der Waals surface area contributed by atoms with Gasteiger partial charge in [0, 0.05) is 18.5 Å². The van der Waals surface area contributed by atoms with E-state index in [-0.39, 0.29) is 11.9 Å². The number of carbonyl (C=O) groups excluding carboxylic acids is 2. The maximum Gasteiger partial charge on any atom is 0.324 e. The smallest absolute Gasteiger partial charge is 0.324 e. The molecule has 1 saturated heterocycles. The Kier molecular flexibility index (Phi) is 2.08. The molecule has 1 heterocycles. The van der Waals surface area contributed by atoms with Crippen molar-refractivity contribution >= 4 is 11.9 Å². The standard InChI is InChI=1S/C8H14N2O2/c1-8(2,3)10-6(11)4-5-9-7(10)12/h4-5H2,1-3H3,(H,9,12). The summed E-state index contributed by atoms with van der Waals surface area (Å²) in [6, 6.07) is -0.279. The molecular formula is C8H14N2O2. The lowest BCUT2D eigenvalue weighted by atomic mass is 10.1. The molecule has 4 heteroatoms. The van der Waals surface area contributed by atoms with Gasteiger partial charge >= 0.3 is 6.03 Å². The van der Waals surface area contributed by atoms with Crippen LogP contribution in [0.2, 0.25) is 0 Å². The van der Waals surface area contributed by atoms with Gasteiger partial charge in [-0.05, 0) is 20.8 Å². The van der Waals surface area contributed by atoms with Gasteiger partial charge in [0.25, 0.3) is 0 Å². The summed E-state index contributed by atoms with van der Waals surface area (Å²) in [5, 5.41) is 2.64. The van der Waals surface area contributed by atoms with Crippen LogP contribution in [0.25, 0.3) is 0 Å². The second-order valence-corrected chi connectivity index (χ2v) is 3.88. The molecule has 4 nitrogen and oxygen atoms in total. The van der Waals surface area contributed by atoms with Gasteiger partial charge < -0.3 is 5.32 Å². The first-order chi connectivity index (χ1) is 5.43. The fraction of sp³-hybridized carbons (Fsp3) is 0.750. The quantitative estimate of drug-likeness (QED) is 0.582. The minimum Gasteiger partial charge on any atom is -0.337 e. The Bertz CT molecular complexity index is 202. The predicted molar refractivity (Wildman–Crippen MR) is 44.6 cm³/mol. The zero-order chi connectivity index (χ0) is 9.35. The van der Waals surface area contributed by atoms with Crippen molar-refractivity contribution in [3.05, 3.63) is 0 Å². The summed E-state index contributed by atoms with van der Waals surface area (Å²) in [5.74, 6) is -0.0914. The van der Waals surface area contributed by atoms with Crippen molar-refractivity contribution in [1.29, 1.82) is 0 Å². The van der Waals surface area contributed by atoms with E-state index in [1.165, 1.54) is 4.90 Å². The summed E-state index contributed by atoms with van der Waals surface area (Å²) in [6.07, 6.45) is 0.406. The van der Waals surface area contributed by atoms with Gasteiger partial charge in [-0.15, -0.1) is 0 Å². The van der Waals surface area contributed by atoms with Crippen LogP contribution >= 0.6 is 0 Å². The molecule has 0 aromatic carbocycles. The minimum absolute atomic E-state index is 0.0914. The van der Waals surface area contributed by atoms with E-state index in [9.17, 15) is 9.59 Å². The fourth-order valence-corrected chi connectivity index (χ4v) is 1.26. The van der Waals surface area contributed by atoms with E-state index in [1.54, 1.807) is 0 Å². The first-order valence-electron chi connectivity index (χ1n) is 4.04. The lowest BCUT2D eigenvalue weighted by Crippen LogP contribution is -2.57. The van der Waals surface area contributed by atoms with Gasteiger partial charge in [-0.2, -0.15) is 0 Å². The number of urea groups is 1. The van der Waals surface area contributed by atoms with Crippen LogP contribution in [-0.4, -0.2) is 28.9 Å². The molecule has 0 aromatic rings. The summed E-state index contributed by atoms with van der Waals surface area (Å²) >= 11 is 0. The Labute approximate surface area is 71.9 Å². The summed E-state index contributed by atoms with van der Waals surface area (Å²) in [5.41, 5.74) is -0.415. The van der Waals surface area contributed by atoms with Crippen LogP contribution in [0.1, 0.15) is 27.2 Å². The van der Waals surface area contributed by atoms with E-state index in [2.05, 4.69) is 5.32 Å². The van der Waals surface area contributed by atoms with Crippen molar-refractivity contribution in [1.82, 2.24) is 10.2 Å². The van der Waals surface area contributed by atoms with Crippen LogP contribution in [0.5, 0.6) is 0 Å². The van der Waals surface area contributed by atoms with Crippen LogP contribution in [0.4, 0.5) is 4.79 Å². The molecule has 1 aliphatic heterocycles. The molecule has 1 rings (SSSR count). The number of hydrogen-bond donors (Lipinski definition) is 1. The van der Waals surface area contributed by atoms with Crippen LogP contribution in [0.15, 0.2) is 0 Å². The van der Waals surface area contributed by atoms with E-state index in [1.807, 2.05) is 20.8 Å². The summed E-state index contributed by atoms with van der Waals surface area (Å²) in [7, 11) is 0. The second-order valence-electron chi connectivity index (χ2n) is 3.88. The monoisotopic (exact) mass is 170 g/mol.